The molecule has 0 aliphatic heterocycles. The Morgan fingerprint density at radius 2 is 0.940 bits per heavy atom. The zero-order valence-corrected chi connectivity index (χ0v) is 36.2. The molecule has 4 aromatic rings. The van der Waals surface area contributed by atoms with Crippen molar-refractivity contribution in [2.75, 3.05) is 0 Å². The van der Waals surface area contributed by atoms with Gasteiger partial charge < -0.3 is 9.13 Å². The van der Waals surface area contributed by atoms with Crippen LogP contribution in [0, 0.1) is 38.5 Å². The molecule has 0 N–H and O–H groups in total. The van der Waals surface area contributed by atoms with E-state index in [1.54, 1.807) is 0 Å². The first-order chi connectivity index (χ1) is 22.9. The molecule has 2 aromatic heterocycles. The molecule has 280 valence electrons. The van der Waals surface area contributed by atoms with Gasteiger partial charge in [-0.3, -0.25) is 0 Å². The first kappa shape index (κ1) is 44.9. The van der Waals surface area contributed by atoms with Gasteiger partial charge in [0.25, 0.3) is 0 Å². The van der Waals surface area contributed by atoms with Gasteiger partial charge in [-0.1, -0.05) is 159 Å². The Bertz CT molecular complexity index is 1480. The molecule has 0 saturated heterocycles. The quantitative estimate of drug-likeness (QED) is 0.203. The van der Waals surface area contributed by atoms with E-state index in [9.17, 15) is 0 Å². The van der Waals surface area contributed by atoms with Crippen LogP contribution in [0.4, 0.5) is 0 Å². The standard InChI is InChI=1S/2C21H32N2.2C2H6/c1-15-19(13-20(3,4)5)23(16(2)22-15)14-17-10-9-11-18(12-17)21(6,7)8;1-15-19(23(16(2)22-15)14-20(3,4)5)13-17-10-9-11-18(12-17)21(6,7)8;2*1-2/h2*9-12H,13-14H2,1-8H3;2*1-2H3. The van der Waals surface area contributed by atoms with E-state index < -0.39 is 0 Å². The maximum atomic E-state index is 4.73. The van der Waals surface area contributed by atoms with Gasteiger partial charge in [0.15, 0.2) is 0 Å². The van der Waals surface area contributed by atoms with Gasteiger partial charge in [-0.15, -0.1) is 0 Å². The number of aromatic nitrogens is 4. The minimum atomic E-state index is 0.185. The average Bonchev–Trinajstić information content (AvgIpc) is 3.40. The largest absolute Gasteiger partial charge is 0.331 e. The smallest absolute Gasteiger partial charge is 0.106 e. The first-order valence-electron chi connectivity index (χ1n) is 19.2. The van der Waals surface area contributed by atoms with Gasteiger partial charge >= 0.3 is 0 Å². The first-order valence-corrected chi connectivity index (χ1v) is 19.2. The minimum Gasteiger partial charge on any atom is -0.331 e. The fraction of sp³-hybridized carbons (Fsp3) is 0.609. The molecule has 4 rings (SSSR count). The number of hydrogen-bond acceptors (Lipinski definition) is 2. The monoisotopic (exact) mass is 685 g/mol. The van der Waals surface area contributed by atoms with Crippen LogP contribution in [0.2, 0.25) is 0 Å². The number of benzene rings is 2. The third kappa shape index (κ3) is 13.9. The number of imidazole rings is 2. The van der Waals surface area contributed by atoms with Crippen molar-refractivity contribution in [2.24, 2.45) is 10.8 Å². The summed E-state index contributed by atoms with van der Waals surface area (Å²) in [6, 6.07) is 18.0. The van der Waals surface area contributed by atoms with Crippen LogP contribution in [-0.4, -0.2) is 19.1 Å². The summed E-state index contributed by atoms with van der Waals surface area (Å²) in [5.74, 6) is 2.24. The lowest BCUT2D eigenvalue weighted by molar-refractivity contribution is 0.335. The maximum Gasteiger partial charge on any atom is 0.106 e. The molecular weight excluding hydrogens is 609 g/mol. The average molecular weight is 685 g/mol. The number of aryl methyl sites for hydroxylation is 4. The molecule has 4 heteroatoms. The van der Waals surface area contributed by atoms with Crippen molar-refractivity contribution < 1.29 is 0 Å². The Hall–Kier alpha value is -3.14. The summed E-state index contributed by atoms with van der Waals surface area (Å²) in [7, 11) is 0. The Labute approximate surface area is 309 Å². The van der Waals surface area contributed by atoms with E-state index in [2.05, 4.69) is 168 Å². The van der Waals surface area contributed by atoms with Gasteiger partial charge in [-0.25, -0.2) is 9.97 Å². The number of hydrogen-bond donors (Lipinski definition) is 0. The van der Waals surface area contributed by atoms with Gasteiger partial charge in [-0.2, -0.15) is 0 Å². The molecule has 0 spiro atoms. The van der Waals surface area contributed by atoms with E-state index in [1.807, 2.05) is 27.7 Å². The molecule has 0 radical (unpaired) electrons. The summed E-state index contributed by atoms with van der Waals surface area (Å²) in [5.41, 5.74) is 11.5. The zero-order valence-electron chi connectivity index (χ0n) is 36.2. The van der Waals surface area contributed by atoms with E-state index in [1.165, 1.54) is 39.3 Å². The van der Waals surface area contributed by atoms with Crippen LogP contribution in [0.5, 0.6) is 0 Å². The Morgan fingerprint density at radius 1 is 0.520 bits per heavy atom. The third-order valence-corrected chi connectivity index (χ3v) is 8.56. The predicted molar refractivity (Wildman–Crippen MR) is 221 cm³/mol. The summed E-state index contributed by atoms with van der Waals surface area (Å²) in [5, 5.41) is 0. The SMILES string of the molecule is CC.CC.Cc1nc(C)n(CC(C)(C)C)c1Cc1cccc(C(C)(C)C)c1.Cc1nc(C)n(Cc2cccc(C(C)(C)C)c2)c1CC(C)(C)C. The molecule has 0 fully saturated rings. The zero-order chi connectivity index (χ0) is 38.8. The summed E-state index contributed by atoms with van der Waals surface area (Å²) < 4.78 is 4.79. The van der Waals surface area contributed by atoms with Crippen LogP contribution >= 0.6 is 0 Å². The molecule has 0 aliphatic rings. The lowest BCUT2D eigenvalue weighted by Gasteiger charge is -2.23. The highest BCUT2D eigenvalue weighted by Gasteiger charge is 2.21. The molecule has 4 nitrogen and oxygen atoms in total. The van der Waals surface area contributed by atoms with Crippen LogP contribution < -0.4 is 0 Å². The number of nitrogens with zero attached hydrogens (tertiary/aromatic N) is 4. The van der Waals surface area contributed by atoms with Crippen molar-refractivity contribution in [1.29, 1.82) is 0 Å². The van der Waals surface area contributed by atoms with Gasteiger partial charge in [0.05, 0.1) is 11.4 Å². The molecule has 0 saturated carbocycles. The van der Waals surface area contributed by atoms with Crippen LogP contribution in [0.15, 0.2) is 48.5 Å². The van der Waals surface area contributed by atoms with Crippen molar-refractivity contribution in [2.45, 2.75) is 175 Å². The predicted octanol–water partition coefficient (Wildman–Crippen LogP) is 12.9. The highest BCUT2D eigenvalue weighted by atomic mass is 15.1. The van der Waals surface area contributed by atoms with Crippen molar-refractivity contribution in [1.82, 2.24) is 19.1 Å². The van der Waals surface area contributed by atoms with E-state index in [0.29, 0.717) is 0 Å². The van der Waals surface area contributed by atoms with E-state index >= 15 is 0 Å². The fourth-order valence-electron chi connectivity index (χ4n) is 6.02. The van der Waals surface area contributed by atoms with Crippen LogP contribution in [0.25, 0.3) is 0 Å². The van der Waals surface area contributed by atoms with Crippen molar-refractivity contribution >= 4 is 0 Å². The molecule has 2 aromatic carbocycles. The molecular formula is C46H76N4. The minimum absolute atomic E-state index is 0.185. The fourth-order valence-corrected chi connectivity index (χ4v) is 6.02. The molecule has 0 bridgehead atoms. The van der Waals surface area contributed by atoms with Gasteiger partial charge in [0.2, 0.25) is 0 Å². The van der Waals surface area contributed by atoms with Gasteiger partial charge in [-0.05, 0) is 78.0 Å². The van der Waals surface area contributed by atoms with Crippen LogP contribution in [0.1, 0.15) is 167 Å². The molecule has 2 heterocycles. The molecule has 0 aliphatic carbocycles. The van der Waals surface area contributed by atoms with Crippen molar-refractivity contribution in [3.63, 3.8) is 0 Å². The van der Waals surface area contributed by atoms with Gasteiger partial charge in [0.1, 0.15) is 11.6 Å². The van der Waals surface area contributed by atoms with E-state index in [0.717, 1.165) is 43.3 Å². The summed E-state index contributed by atoms with van der Waals surface area (Å²) in [6.45, 7) is 45.8. The molecule has 0 atom stereocenters. The molecule has 50 heavy (non-hydrogen) atoms. The van der Waals surface area contributed by atoms with E-state index in [4.69, 9.17) is 9.97 Å². The third-order valence-electron chi connectivity index (χ3n) is 8.56. The Morgan fingerprint density at radius 3 is 1.38 bits per heavy atom. The highest BCUT2D eigenvalue weighted by Crippen LogP contribution is 2.28. The second kappa shape index (κ2) is 18.4. The lowest BCUT2D eigenvalue weighted by Crippen LogP contribution is -2.19. The summed E-state index contributed by atoms with van der Waals surface area (Å²) in [6.07, 6.45) is 2.01. The second-order valence-electron chi connectivity index (χ2n) is 17.9. The maximum absolute atomic E-state index is 4.73. The Balaban J connectivity index is 0.000000455. The second-order valence-corrected chi connectivity index (χ2v) is 17.9. The van der Waals surface area contributed by atoms with Crippen molar-refractivity contribution in [3.05, 3.63) is 105 Å². The van der Waals surface area contributed by atoms with Crippen LogP contribution in [-0.2, 0) is 36.8 Å². The summed E-state index contributed by atoms with van der Waals surface area (Å²) in [4.78, 5) is 9.45. The number of rotatable bonds is 6. The molecule has 0 amide bonds. The molecule has 0 unspecified atom stereocenters. The van der Waals surface area contributed by atoms with Crippen molar-refractivity contribution in [3.8, 4) is 0 Å². The topological polar surface area (TPSA) is 35.6 Å². The normalized spacial score (nSPS) is 11.9. The van der Waals surface area contributed by atoms with E-state index in [-0.39, 0.29) is 21.7 Å². The Kier molecular flexibility index (Phi) is 16.5. The van der Waals surface area contributed by atoms with Gasteiger partial charge in [0, 0.05) is 30.9 Å². The summed E-state index contributed by atoms with van der Waals surface area (Å²) >= 11 is 0. The highest BCUT2D eigenvalue weighted by molar-refractivity contribution is 5.33. The lowest BCUT2D eigenvalue weighted by atomic mass is 9.86. The van der Waals surface area contributed by atoms with Crippen LogP contribution in [0.3, 0.4) is 0 Å².